The van der Waals surface area contributed by atoms with Crippen molar-refractivity contribution in [3.63, 3.8) is 0 Å². The van der Waals surface area contributed by atoms with E-state index in [1.165, 1.54) is 97.0 Å². The molecule has 0 aliphatic heterocycles. The van der Waals surface area contributed by atoms with Gasteiger partial charge >= 0.3 is 6.16 Å². The number of thioether (sulfide) groups is 1. The van der Waals surface area contributed by atoms with Gasteiger partial charge in [-0.1, -0.05) is 104 Å². The summed E-state index contributed by atoms with van der Waals surface area (Å²) < 4.78 is 32.3. The number of phosphoric acid groups is 1. The third-order valence-corrected chi connectivity index (χ3v) is 8.72. The lowest BCUT2D eigenvalue weighted by molar-refractivity contribution is -0.870. The lowest BCUT2D eigenvalue weighted by Crippen LogP contribution is -2.37. The van der Waals surface area contributed by atoms with Crippen molar-refractivity contribution in [2.24, 2.45) is 0 Å². The van der Waals surface area contributed by atoms with Crippen LogP contribution in [0.15, 0.2) is 0 Å². The fourth-order valence-electron chi connectivity index (χ4n) is 3.92. The van der Waals surface area contributed by atoms with Gasteiger partial charge in [-0.25, -0.2) is 4.79 Å². The summed E-state index contributed by atoms with van der Waals surface area (Å²) in [5.41, 5.74) is 0. The van der Waals surface area contributed by atoms with Gasteiger partial charge < -0.3 is 27.9 Å². The highest BCUT2D eigenvalue weighted by molar-refractivity contribution is 7.99. The van der Waals surface area contributed by atoms with E-state index in [1.54, 1.807) is 11.8 Å². The lowest BCUT2D eigenvalue weighted by atomic mass is 10.0. The predicted molar refractivity (Wildman–Crippen MR) is 157 cm³/mol. The molecule has 3 atom stereocenters. The molecule has 228 valence electrons. The number of rotatable bonds is 26. The molecule has 0 saturated carbocycles. The van der Waals surface area contributed by atoms with E-state index in [9.17, 15) is 14.3 Å². The van der Waals surface area contributed by atoms with Gasteiger partial charge in [0.15, 0.2) is 0 Å². The molecule has 0 N–H and O–H groups in total. The van der Waals surface area contributed by atoms with E-state index in [-0.39, 0.29) is 13.2 Å². The molecule has 0 fully saturated rings. The highest BCUT2D eigenvalue weighted by atomic mass is 32.2. The molecular weight excluding hydrogens is 525 g/mol. The van der Waals surface area contributed by atoms with Crippen LogP contribution in [-0.4, -0.2) is 75.8 Å². The molecule has 0 aliphatic rings. The molecule has 0 radical (unpaired) electrons. The number of likely N-dealkylation sites (N-methyl/N-ethyl adjacent to an activating group) is 1. The first-order valence-electron chi connectivity index (χ1n) is 14.8. The molecular formula is C28H58NO7PS. The number of hydrogen-bond donors (Lipinski definition) is 0. The molecule has 0 aromatic rings. The average molecular weight is 584 g/mol. The van der Waals surface area contributed by atoms with Gasteiger partial charge in [0.05, 0.1) is 34.9 Å². The van der Waals surface area contributed by atoms with Gasteiger partial charge in [0, 0.05) is 11.0 Å². The van der Waals surface area contributed by atoms with E-state index in [0.29, 0.717) is 22.0 Å². The summed E-state index contributed by atoms with van der Waals surface area (Å²) in [6.07, 6.45) is 18.3. The standard InChI is InChI=1S/C28H58NO7PS/c1-7-8-9-10-11-12-13-14-15-16-17-18-19-20-21-26(2)38-25-27(36-28(30)33-6)24-35-37(31,32)34-23-22-29(3,4)5/h26-27H,7-25H2,1-6H3. The Hall–Kier alpha value is -0.310. The summed E-state index contributed by atoms with van der Waals surface area (Å²) in [5, 5.41) is 0.371. The van der Waals surface area contributed by atoms with Crippen LogP contribution in [0.3, 0.4) is 0 Å². The summed E-state index contributed by atoms with van der Waals surface area (Å²) in [6.45, 7) is 4.66. The molecule has 0 aromatic heterocycles. The number of unbranched alkanes of at least 4 members (excludes halogenated alkanes) is 13. The van der Waals surface area contributed by atoms with Crippen molar-refractivity contribution in [2.45, 2.75) is 122 Å². The molecule has 0 aromatic carbocycles. The Kier molecular flexibility index (Phi) is 23.2. The second kappa shape index (κ2) is 23.4. The minimum Gasteiger partial charge on any atom is -0.756 e. The number of quaternary nitrogens is 1. The van der Waals surface area contributed by atoms with Gasteiger partial charge in [-0.3, -0.25) is 4.57 Å². The van der Waals surface area contributed by atoms with Crippen LogP contribution >= 0.6 is 19.6 Å². The Balaban J connectivity index is 4.00. The molecule has 8 nitrogen and oxygen atoms in total. The largest absolute Gasteiger partial charge is 0.756 e. The Labute approximate surface area is 238 Å². The van der Waals surface area contributed by atoms with Crippen LogP contribution < -0.4 is 4.89 Å². The van der Waals surface area contributed by atoms with E-state index in [0.717, 1.165) is 6.42 Å². The Morgan fingerprint density at radius 3 is 1.84 bits per heavy atom. The first-order chi connectivity index (χ1) is 18.0. The number of ether oxygens (including phenoxy) is 2. The second-order valence-corrected chi connectivity index (χ2v) is 14.2. The monoisotopic (exact) mass is 583 g/mol. The average Bonchev–Trinajstić information content (AvgIpc) is 2.84. The van der Waals surface area contributed by atoms with Crippen LogP contribution in [0.5, 0.6) is 0 Å². The first kappa shape index (κ1) is 37.7. The molecule has 0 amide bonds. The van der Waals surface area contributed by atoms with E-state index in [4.69, 9.17) is 13.8 Å². The minimum absolute atomic E-state index is 0.0256. The number of methoxy groups -OCH3 is 1. The number of phosphoric ester groups is 1. The van der Waals surface area contributed by atoms with Crippen molar-refractivity contribution >= 4 is 25.7 Å². The first-order valence-corrected chi connectivity index (χ1v) is 17.3. The fourth-order valence-corrected chi connectivity index (χ4v) is 5.69. The number of nitrogens with zero attached hydrogens (tertiary/aromatic N) is 1. The fraction of sp³-hybridized carbons (Fsp3) is 0.964. The predicted octanol–water partition coefficient (Wildman–Crippen LogP) is 7.34. The van der Waals surface area contributed by atoms with Crippen LogP contribution in [0, 0.1) is 0 Å². The van der Waals surface area contributed by atoms with Gasteiger partial charge in [0.1, 0.15) is 19.3 Å². The third-order valence-electron chi connectivity index (χ3n) is 6.39. The maximum Gasteiger partial charge on any atom is 0.508 e. The van der Waals surface area contributed by atoms with Crippen LogP contribution in [0.4, 0.5) is 4.79 Å². The van der Waals surface area contributed by atoms with Crippen LogP contribution in [0.1, 0.15) is 110 Å². The highest BCUT2D eigenvalue weighted by Gasteiger charge is 2.21. The van der Waals surface area contributed by atoms with Crippen molar-refractivity contribution < 1.29 is 37.3 Å². The van der Waals surface area contributed by atoms with Gasteiger partial charge in [-0.2, -0.15) is 11.8 Å². The minimum atomic E-state index is -4.48. The summed E-state index contributed by atoms with van der Waals surface area (Å²) in [5.74, 6) is 0.424. The summed E-state index contributed by atoms with van der Waals surface area (Å²) in [4.78, 5) is 23.7. The molecule has 0 saturated heterocycles. The molecule has 0 heterocycles. The summed E-state index contributed by atoms with van der Waals surface area (Å²) in [6, 6.07) is 0. The molecule has 0 rings (SSSR count). The topological polar surface area (TPSA) is 94.1 Å². The number of carbonyl (C=O) groups is 1. The Morgan fingerprint density at radius 1 is 0.868 bits per heavy atom. The maximum absolute atomic E-state index is 12.1. The summed E-state index contributed by atoms with van der Waals surface area (Å²) in [7, 11) is 2.57. The zero-order valence-corrected chi connectivity index (χ0v) is 27.0. The van der Waals surface area contributed by atoms with Crippen LogP contribution in [-0.2, 0) is 23.1 Å². The molecule has 3 unspecified atom stereocenters. The summed E-state index contributed by atoms with van der Waals surface area (Å²) >= 11 is 1.65. The molecule has 0 bridgehead atoms. The van der Waals surface area contributed by atoms with Crippen molar-refractivity contribution in [1.82, 2.24) is 0 Å². The van der Waals surface area contributed by atoms with Crippen molar-refractivity contribution in [3.05, 3.63) is 0 Å². The number of carbonyl (C=O) groups excluding carboxylic acids is 1. The smallest absolute Gasteiger partial charge is 0.508 e. The second-order valence-electron chi connectivity index (χ2n) is 11.3. The molecule has 0 spiro atoms. The van der Waals surface area contributed by atoms with Gasteiger partial charge in [-0.05, 0) is 6.42 Å². The quantitative estimate of drug-likeness (QED) is 0.0452. The lowest BCUT2D eigenvalue weighted by Gasteiger charge is -2.28. The van der Waals surface area contributed by atoms with Crippen molar-refractivity contribution in [2.75, 3.05) is 53.8 Å². The van der Waals surface area contributed by atoms with Crippen molar-refractivity contribution in [1.29, 1.82) is 0 Å². The van der Waals surface area contributed by atoms with Gasteiger partial charge in [0.25, 0.3) is 7.82 Å². The van der Waals surface area contributed by atoms with E-state index >= 15 is 0 Å². The van der Waals surface area contributed by atoms with Crippen LogP contribution in [0.2, 0.25) is 0 Å². The highest BCUT2D eigenvalue weighted by Crippen LogP contribution is 2.38. The van der Waals surface area contributed by atoms with E-state index in [1.807, 2.05) is 21.1 Å². The molecule has 38 heavy (non-hydrogen) atoms. The van der Waals surface area contributed by atoms with Gasteiger partial charge in [-0.15, -0.1) is 0 Å². The maximum atomic E-state index is 12.1. The normalized spacial score (nSPS) is 15.1. The zero-order valence-electron chi connectivity index (χ0n) is 25.3. The molecule has 0 aliphatic carbocycles. The zero-order chi connectivity index (χ0) is 28.7. The SMILES string of the molecule is CCCCCCCCCCCCCCCCC(C)SCC(COP(=O)([O-])OCC[N+](C)(C)C)OC(=O)OC. The van der Waals surface area contributed by atoms with Crippen LogP contribution in [0.25, 0.3) is 0 Å². The van der Waals surface area contributed by atoms with E-state index < -0.39 is 20.1 Å². The molecule has 10 heteroatoms. The van der Waals surface area contributed by atoms with Crippen molar-refractivity contribution in [3.8, 4) is 0 Å². The van der Waals surface area contributed by atoms with E-state index in [2.05, 4.69) is 18.6 Å². The number of hydrogen-bond acceptors (Lipinski definition) is 8. The Bertz CT molecular complexity index is 618. The third kappa shape index (κ3) is 25.9. The van der Waals surface area contributed by atoms with Gasteiger partial charge in [0.2, 0.25) is 0 Å². The Morgan fingerprint density at radius 2 is 1.37 bits per heavy atom.